The molecule has 3 nitrogen and oxygen atoms in total. The van der Waals surface area contributed by atoms with Crippen LogP contribution in [0.1, 0.15) is 48.3 Å². The third-order valence-corrected chi connectivity index (χ3v) is 6.38. The number of benzene rings is 2. The second-order valence-corrected chi connectivity index (χ2v) is 8.26. The van der Waals surface area contributed by atoms with Gasteiger partial charge in [-0.25, -0.2) is 0 Å². The Kier molecular flexibility index (Phi) is 5.83. The first-order valence-electron chi connectivity index (χ1n) is 10.3. The molecule has 2 atom stereocenters. The Morgan fingerprint density at radius 3 is 2.31 bits per heavy atom. The van der Waals surface area contributed by atoms with Gasteiger partial charge in [-0.05, 0) is 67.0 Å². The van der Waals surface area contributed by atoms with Crippen molar-refractivity contribution in [3.63, 3.8) is 0 Å². The summed E-state index contributed by atoms with van der Waals surface area (Å²) in [5.74, 6) is 0.848. The lowest BCUT2D eigenvalue weighted by Gasteiger charge is -2.39. The largest absolute Gasteiger partial charge is 0.508 e. The summed E-state index contributed by atoms with van der Waals surface area (Å²) in [5, 5.41) is 13.1. The molecule has 156 valence electrons. The highest BCUT2D eigenvalue weighted by atomic mass is 19.4. The molecule has 0 saturated carbocycles. The van der Waals surface area contributed by atoms with Gasteiger partial charge in [-0.15, -0.1) is 0 Å². The second kappa shape index (κ2) is 8.36. The lowest BCUT2D eigenvalue weighted by atomic mass is 9.85. The van der Waals surface area contributed by atoms with Crippen LogP contribution >= 0.6 is 0 Å². The van der Waals surface area contributed by atoms with Gasteiger partial charge >= 0.3 is 6.18 Å². The summed E-state index contributed by atoms with van der Waals surface area (Å²) in [5.41, 5.74) is 1.50. The van der Waals surface area contributed by atoms with Gasteiger partial charge < -0.3 is 10.4 Å². The summed E-state index contributed by atoms with van der Waals surface area (Å²) in [7, 11) is 0. The Bertz CT molecular complexity index is 808. The molecule has 2 fully saturated rings. The van der Waals surface area contributed by atoms with E-state index in [4.69, 9.17) is 0 Å². The molecule has 0 aliphatic carbocycles. The van der Waals surface area contributed by atoms with E-state index < -0.39 is 11.7 Å². The van der Waals surface area contributed by atoms with Gasteiger partial charge in [0, 0.05) is 31.7 Å². The number of nitrogens with zero attached hydrogens (tertiary/aromatic N) is 1. The summed E-state index contributed by atoms with van der Waals surface area (Å²) < 4.78 is 37.9. The van der Waals surface area contributed by atoms with Crippen molar-refractivity contribution in [3.8, 4) is 5.75 Å². The number of piperidine rings is 1. The third kappa shape index (κ3) is 4.75. The number of hydrogen-bond donors (Lipinski definition) is 2. The molecule has 0 radical (unpaired) electrons. The molecule has 2 aromatic rings. The van der Waals surface area contributed by atoms with Crippen molar-refractivity contribution in [2.45, 2.75) is 56.4 Å². The number of phenols is 1. The zero-order valence-corrected chi connectivity index (χ0v) is 16.3. The lowest BCUT2D eigenvalue weighted by molar-refractivity contribution is -0.137. The molecule has 2 aliphatic rings. The van der Waals surface area contributed by atoms with Crippen molar-refractivity contribution >= 4 is 0 Å². The van der Waals surface area contributed by atoms with Crippen LogP contribution in [-0.2, 0) is 12.7 Å². The number of fused-ring (bicyclic) bond motifs is 2. The molecule has 2 aliphatic heterocycles. The standard InChI is InChI=1S/C23H27F3N2O/c24-23(25,26)19-6-4-16(5-7-19)15-27-10-11-28-20-8-9-21(28)13-18(12-20)17-2-1-3-22(29)14-17/h1-7,14,18,20-21,27,29H,8-13,15H2. The van der Waals surface area contributed by atoms with E-state index >= 15 is 0 Å². The molecular weight excluding hydrogens is 377 g/mol. The second-order valence-electron chi connectivity index (χ2n) is 8.26. The van der Waals surface area contributed by atoms with E-state index in [0.29, 0.717) is 30.3 Å². The van der Waals surface area contributed by atoms with Crippen LogP contribution in [-0.4, -0.2) is 35.2 Å². The molecule has 4 rings (SSSR count). The number of halogens is 3. The zero-order valence-electron chi connectivity index (χ0n) is 16.3. The fourth-order valence-electron chi connectivity index (χ4n) is 4.94. The number of alkyl halides is 3. The highest BCUT2D eigenvalue weighted by molar-refractivity contribution is 5.30. The predicted molar refractivity (Wildman–Crippen MR) is 107 cm³/mol. The van der Waals surface area contributed by atoms with Gasteiger partial charge in [0.15, 0.2) is 0 Å². The summed E-state index contributed by atoms with van der Waals surface area (Å²) in [6.45, 7) is 2.36. The van der Waals surface area contributed by atoms with Crippen LogP contribution in [0.2, 0.25) is 0 Å². The fourth-order valence-corrected chi connectivity index (χ4v) is 4.94. The Hall–Kier alpha value is -2.05. The van der Waals surface area contributed by atoms with Crippen LogP contribution in [0.25, 0.3) is 0 Å². The minimum absolute atomic E-state index is 0.338. The highest BCUT2D eigenvalue weighted by Crippen LogP contribution is 2.43. The monoisotopic (exact) mass is 404 g/mol. The topological polar surface area (TPSA) is 35.5 Å². The minimum atomic E-state index is -4.28. The van der Waals surface area contributed by atoms with Crippen LogP contribution in [0.15, 0.2) is 48.5 Å². The summed E-state index contributed by atoms with van der Waals surface area (Å²) >= 11 is 0. The number of rotatable bonds is 6. The molecule has 2 N–H and O–H groups in total. The number of nitrogens with one attached hydrogen (secondary N) is 1. The van der Waals surface area contributed by atoms with Gasteiger partial charge in [0.25, 0.3) is 0 Å². The highest BCUT2D eigenvalue weighted by Gasteiger charge is 2.40. The molecule has 2 saturated heterocycles. The molecule has 2 bridgehead atoms. The minimum Gasteiger partial charge on any atom is -0.508 e. The third-order valence-electron chi connectivity index (χ3n) is 6.38. The molecule has 2 unspecified atom stereocenters. The van der Waals surface area contributed by atoms with E-state index in [2.05, 4.69) is 16.3 Å². The maximum Gasteiger partial charge on any atom is 0.416 e. The Morgan fingerprint density at radius 1 is 1.00 bits per heavy atom. The van der Waals surface area contributed by atoms with Crippen molar-refractivity contribution in [3.05, 3.63) is 65.2 Å². The first kappa shape index (κ1) is 20.2. The van der Waals surface area contributed by atoms with E-state index in [1.54, 1.807) is 18.2 Å². The quantitative estimate of drug-likeness (QED) is 0.672. The molecule has 0 aromatic heterocycles. The van der Waals surface area contributed by atoms with E-state index in [-0.39, 0.29) is 0 Å². The average Bonchev–Trinajstić information content (AvgIpc) is 2.92. The Morgan fingerprint density at radius 2 is 1.69 bits per heavy atom. The van der Waals surface area contributed by atoms with Gasteiger partial charge in [-0.2, -0.15) is 13.2 Å². The van der Waals surface area contributed by atoms with Gasteiger partial charge in [0.2, 0.25) is 0 Å². The van der Waals surface area contributed by atoms with Crippen LogP contribution in [0, 0.1) is 0 Å². The van der Waals surface area contributed by atoms with E-state index in [0.717, 1.165) is 43.6 Å². The van der Waals surface area contributed by atoms with E-state index in [1.165, 1.54) is 18.4 Å². The molecule has 2 heterocycles. The normalized spacial score (nSPS) is 24.7. The number of phenolic OH excluding ortho intramolecular Hbond substituents is 1. The zero-order chi connectivity index (χ0) is 20.4. The van der Waals surface area contributed by atoms with E-state index in [1.807, 2.05) is 12.1 Å². The molecular formula is C23H27F3N2O. The Balaban J connectivity index is 1.25. The van der Waals surface area contributed by atoms with Gasteiger partial charge in [0.1, 0.15) is 5.75 Å². The van der Waals surface area contributed by atoms with Gasteiger partial charge in [0.05, 0.1) is 5.56 Å². The van der Waals surface area contributed by atoms with Crippen molar-refractivity contribution in [1.29, 1.82) is 0 Å². The molecule has 2 aromatic carbocycles. The first-order chi connectivity index (χ1) is 13.9. The first-order valence-corrected chi connectivity index (χ1v) is 10.3. The number of aromatic hydroxyl groups is 1. The number of hydrogen-bond acceptors (Lipinski definition) is 3. The van der Waals surface area contributed by atoms with Crippen molar-refractivity contribution < 1.29 is 18.3 Å². The Labute approximate surface area is 169 Å². The molecule has 0 amide bonds. The molecule has 0 spiro atoms. The van der Waals surface area contributed by atoms with Gasteiger partial charge in [-0.1, -0.05) is 24.3 Å². The van der Waals surface area contributed by atoms with E-state index in [9.17, 15) is 18.3 Å². The predicted octanol–water partition coefficient (Wildman–Crippen LogP) is 4.91. The molecule has 6 heteroatoms. The summed E-state index contributed by atoms with van der Waals surface area (Å²) in [6, 6.07) is 14.2. The van der Waals surface area contributed by atoms with Crippen molar-refractivity contribution in [1.82, 2.24) is 10.2 Å². The summed E-state index contributed by atoms with van der Waals surface area (Å²) in [6.07, 6.45) is 0.408. The molecule has 29 heavy (non-hydrogen) atoms. The van der Waals surface area contributed by atoms with Crippen LogP contribution < -0.4 is 5.32 Å². The fraction of sp³-hybridized carbons (Fsp3) is 0.478. The van der Waals surface area contributed by atoms with Crippen LogP contribution in [0.4, 0.5) is 13.2 Å². The average molecular weight is 404 g/mol. The van der Waals surface area contributed by atoms with Gasteiger partial charge in [-0.3, -0.25) is 4.90 Å². The van der Waals surface area contributed by atoms with Crippen LogP contribution in [0.5, 0.6) is 5.75 Å². The smallest absolute Gasteiger partial charge is 0.416 e. The van der Waals surface area contributed by atoms with Crippen molar-refractivity contribution in [2.24, 2.45) is 0 Å². The summed E-state index contributed by atoms with van der Waals surface area (Å²) in [4.78, 5) is 2.60. The van der Waals surface area contributed by atoms with Crippen molar-refractivity contribution in [2.75, 3.05) is 13.1 Å². The SMILES string of the molecule is Oc1cccc(C2CC3CCC(C2)N3CCNCc2ccc(C(F)(F)F)cc2)c1. The van der Waals surface area contributed by atoms with Crippen LogP contribution in [0.3, 0.4) is 0 Å². The maximum absolute atomic E-state index is 12.6. The lowest BCUT2D eigenvalue weighted by Crippen LogP contribution is -2.45. The maximum atomic E-state index is 12.6.